The largest absolute Gasteiger partial charge is 0.482 e. The fourth-order valence-electron chi connectivity index (χ4n) is 6.86. The first-order valence-electron chi connectivity index (χ1n) is 14.0. The van der Waals surface area contributed by atoms with Crippen LogP contribution >= 0.6 is 22.6 Å². The standard InChI is InChI=1S/C29H39IN2O6/c30-23-5-1-2-6-25(23)38-26-15-21(29(36)31-9-10-33)14-24(28(26)35)32(17-22-4-3-11-37-22)27(34)16-20-13-18-7-8-19(20)12-18/h1-2,5-6,15,18-20,22,24,26,28,33,35H,3-4,7-14,16-17H2,(H,31,36)/t18?,19?,20?,22-,24+,26-,28-/m0/s1. The SMILES string of the molecule is O=C(NCCO)C1=C[C@H](Oc2ccccc2I)[C@@H](O)[C@H](N(C[C@@H]2CCCO2)C(=O)CC2CC3CCC2C3)C1. The molecule has 1 aromatic rings. The second-order valence-electron chi connectivity index (χ2n) is 11.3. The normalized spacial score (nSPS) is 32.2. The average molecular weight is 639 g/mol. The number of fused-ring (bicyclic) bond motifs is 2. The van der Waals surface area contributed by atoms with E-state index in [1.807, 2.05) is 24.3 Å². The highest BCUT2D eigenvalue weighted by Gasteiger charge is 2.44. The van der Waals surface area contributed by atoms with Crippen LogP contribution in [-0.2, 0) is 14.3 Å². The number of nitrogens with zero attached hydrogens (tertiary/aromatic N) is 1. The highest BCUT2D eigenvalue weighted by molar-refractivity contribution is 14.1. The number of rotatable bonds is 10. The fourth-order valence-corrected chi connectivity index (χ4v) is 7.38. The number of para-hydroxylation sites is 1. The van der Waals surface area contributed by atoms with Gasteiger partial charge in [0.2, 0.25) is 11.8 Å². The summed E-state index contributed by atoms with van der Waals surface area (Å²) in [7, 11) is 0. The molecule has 3 aliphatic carbocycles. The summed E-state index contributed by atoms with van der Waals surface area (Å²) in [5, 5.41) is 23.6. The van der Waals surface area contributed by atoms with E-state index in [-0.39, 0.29) is 37.5 Å². The van der Waals surface area contributed by atoms with Gasteiger partial charge in [-0.15, -0.1) is 0 Å². The van der Waals surface area contributed by atoms with Crippen LogP contribution in [0.25, 0.3) is 0 Å². The Morgan fingerprint density at radius 1 is 1.18 bits per heavy atom. The minimum atomic E-state index is -1.01. The Hall–Kier alpha value is -1.69. The predicted octanol–water partition coefficient (Wildman–Crippen LogP) is 3.04. The van der Waals surface area contributed by atoms with Gasteiger partial charge in [-0.3, -0.25) is 9.59 Å². The molecule has 0 spiro atoms. The minimum Gasteiger partial charge on any atom is -0.482 e. The summed E-state index contributed by atoms with van der Waals surface area (Å²) in [6.45, 7) is 1.05. The van der Waals surface area contributed by atoms with Crippen molar-refractivity contribution < 1.29 is 29.3 Å². The van der Waals surface area contributed by atoms with Crippen molar-refractivity contribution in [2.75, 3.05) is 26.3 Å². The fraction of sp³-hybridized carbons (Fsp3) is 0.655. The molecule has 3 N–H and O–H groups in total. The molecule has 2 bridgehead atoms. The molecule has 1 aliphatic heterocycles. The summed E-state index contributed by atoms with van der Waals surface area (Å²) in [5.74, 6) is 2.11. The first-order chi connectivity index (χ1) is 18.4. The van der Waals surface area contributed by atoms with Gasteiger partial charge in [0.25, 0.3) is 0 Å². The van der Waals surface area contributed by atoms with E-state index in [4.69, 9.17) is 9.47 Å². The lowest BCUT2D eigenvalue weighted by atomic mass is 9.84. The molecular weight excluding hydrogens is 599 g/mol. The number of ether oxygens (including phenoxy) is 2. The van der Waals surface area contributed by atoms with E-state index in [0.717, 1.165) is 28.8 Å². The Kier molecular flexibility index (Phi) is 9.28. The molecule has 1 heterocycles. The van der Waals surface area contributed by atoms with Gasteiger partial charge in [-0.2, -0.15) is 0 Å². The van der Waals surface area contributed by atoms with E-state index >= 15 is 0 Å². The average Bonchev–Trinajstić information content (AvgIpc) is 3.68. The molecule has 5 rings (SSSR count). The first kappa shape index (κ1) is 27.9. The maximum Gasteiger partial charge on any atom is 0.247 e. The maximum atomic E-state index is 13.9. The Labute approximate surface area is 238 Å². The lowest BCUT2D eigenvalue weighted by Crippen LogP contribution is -2.56. The van der Waals surface area contributed by atoms with E-state index in [2.05, 4.69) is 27.9 Å². The van der Waals surface area contributed by atoms with Crippen molar-refractivity contribution in [3.8, 4) is 5.75 Å². The Morgan fingerprint density at radius 2 is 2.03 bits per heavy atom. The molecular formula is C29H39IN2O6. The number of nitrogens with one attached hydrogen (secondary N) is 1. The molecule has 208 valence electrons. The number of hydrogen-bond donors (Lipinski definition) is 3. The number of hydrogen-bond acceptors (Lipinski definition) is 6. The van der Waals surface area contributed by atoms with Gasteiger partial charge < -0.3 is 29.9 Å². The van der Waals surface area contributed by atoms with E-state index in [1.165, 1.54) is 19.3 Å². The second-order valence-corrected chi connectivity index (χ2v) is 12.4. The Morgan fingerprint density at radius 3 is 2.71 bits per heavy atom. The van der Waals surface area contributed by atoms with Crippen LogP contribution in [0, 0.1) is 21.3 Å². The molecule has 2 amide bonds. The molecule has 4 aliphatic rings. The van der Waals surface area contributed by atoms with Crippen LogP contribution in [0.1, 0.15) is 51.4 Å². The molecule has 3 unspecified atom stereocenters. The van der Waals surface area contributed by atoms with E-state index in [0.29, 0.717) is 42.7 Å². The molecule has 8 nitrogen and oxygen atoms in total. The molecule has 1 saturated heterocycles. The van der Waals surface area contributed by atoms with E-state index < -0.39 is 18.2 Å². The molecule has 0 aromatic heterocycles. The number of carbonyl (C=O) groups excluding carboxylic acids is 2. The molecule has 0 radical (unpaired) electrons. The molecule has 9 heteroatoms. The third-order valence-corrected chi connectivity index (χ3v) is 9.67. The van der Waals surface area contributed by atoms with Crippen molar-refractivity contribution in [1.29, 1.82) is 0 Å². The van der Waals surface area contributed by atoms with E-state index in [1.54, 1.807) is 11.0 Å². The summed E-state index contributed by atoms with van der Waals surface area (Å²) < 4.78 is 13.1. The number of carbonyl (C=O) groups is 2. The number of aliphatic hydroxyl groups is 2. The van der Waals surface area contributed by atoms with Crippen molar-refractivity contribution in [2.45, 2.75) is 75.7 Å². The van der Waals surface area contributed by atoms with Gasteiger partial charge >= 0.3 is 0 Å². The monoisotopic (exact) mass is 638 g/mol. The van der Waals surface area contributed by atoms with Gasteiger partial charge in [-0.25, -0.2) is 0 Å². The summed E-state index contributed by atoms with van der Waals surface area (Å²) in [4.78, 5) is 28.8. The van der Waals surface area contributed by atoms with Gasteiger partial charge in [-0.1, -0.05) is 18.6 Å². The second kappa shape index (κ2) is 12.7. The molecule has 1 aromatic carbocycles. The van der Waals surface area contributed by atoms with Crippen LogP contribution in [0.15, 0.2) is 35.9 Å². The van der Waals surface area contributed by atoms with Crippen LogP contribution in [0.4, 0.5) is 0 Å². The molecule has 7 atom stereocenters. The number of halogens is 1. The summed E-state index contributed by atoms with van der Waals surface area (Å²) >= 11 is 2.18. The van der Waals surface area contributed by atoms with Crippen molar-refractivity contribution in [3.63, 3.8) is 0 Å². The van der Waals surface area contributed by atoms with Crippen LogP contribution in [0.2, 0.25) is 0 Å². The van der Waals surface area contributed by atoms with Gasteiger partial charge in [0, 0.05) is 38.1 Å². The topological polar surface area (TPSA) is 108 Å². The van der Waals surface area contributed by atoms with Crippen molar-refractivity contribution in [2.24, 2.45) is 17.8 Å². The molecule has 38 heavy (non-hydrogen) atoms. The minimum absolute atomic E-state index is 0.0344. The predicted molar refractivity (Wildman–Crippen MR) is 150 cm³/mol. The van der Waals surface area contributed by atoms with E-state index in [9.17, 15) is 19.8 Å². The number of benzene rings is 1. The third kappa shape index (κ3) is 6.37. The summed E-state index contributed by atoms with van der Waals surface area (Å²) in [5.41, 5.74) is 0.453. The summed E-state index contributed by atoms with van der Waals surface area (Å²) in [6, 6.07) is 6.92. The van der Waals surface area contributed by atoms with Crippen LogP contribution in [0.3, 0.4) is 0 Å². The highest BCUT2D eigenvalue weighted by atomic mass is 127. The lowest BCUT2D eigenvalue weighted by molar-refractivity contribution is -0.142. The molecule has 2 saturated carbocycles. The van der Waals surface area contributed by atoms with Crippen molar-refractivity contribution in [3.05, 3.63) is 39.5 Å². The zero-order valence-electron chi connectivity index (χ0n) is 21.8. The maximum absolute atomic E-state index is 13.9. The summed E-state index contributed by atoms with van der Waals surface area (Å²) in [6.07, 6.45) is 7.17. The van der Waals surface area contributed by atoms with Crippen LogP contribution < -0.4 is 10.1 Å². The van der Waals surface area contributed by atoms with Crippen LogP contribution in [-0.4, -0.2) is 77.6 Å². The molecule has 3 fully saturated rings. The first-order valence-corrected chi connectivity index (χ1v) is 15.1. The Bertz CT molecular complexity index is 1030. The number of amides is 2. The van der Waals surface area contributed by atoms with Crippen LogP contribution in [0.5, 0.6) is 5.75 Å². The highest BCUT2D eigenvalue weighted by Crippen LogP contribution is 2.49. The van der Waals surface area contributed by atoms with Gasteiger partial charge in [0.05, 0.1) is 22.3 Å². The quantitative estimate of drug-likeness (QED) is 0.341. The Balaban J connectivity index is 1.40. The zero-order valence-corrected chi connectivity index (χ0v) is 23.9. The number of aliphatic hydroxyl groups excluding tert-OH is 2. The van der Waals surface area contributed by atoms with Crippen molar-refractivity contribution in [1.82, 2.24) is 10.2 Å². The lowest BCUT2D eigenvalue weighted by Gasteiger charge is -2.42. The zero-order chi connectivity index (χ0) is 26.6. The third-order valence-electron chi connectivity index (χ3n) is 8.78. The van der Waals surface area contributed by atoms with Gasteiger partial charge in [0.1, 0.15) is 18.0 Å². The smallest absolute Gasteiger partial charge is 0.247 e. The van der Waals surface area contributed by atoms with Gasteiger partial charge in [0.15, 0.2) is 0 Å². The van der Waals surface area contributed by atoms with Gasteiger partial charge in [-0.05, 0) is 90.7 Å². The van der Waals surface area contributed by atoms with Crippen molar-refractivity contribution >= 4 is 34.4 Å².